The number of nitrogens with zero attached hydrogens (tertiary/aromatic N) is 1. The van der Waals surface area contributed by atoms with Crippen LogP contribution in [0.1, 0.15) is 0 Å². The average molecular weight is 158 g/mol. The lowest BCUT2D eigenvalue weighted by molar-refractivity contribution is -0.172. The van der Waals surface area contributed by atoms with E-state index in [1.54, 1.807) is 0 Å². The lowest BCUT2D eigenvalue weighted by atomic mass is 10.2. The zero-order chi connectivity index (χ0) is 7.99. The van der Waals surface area contributed by atoms with Gasteiger partial charge in [-0.05, 0) is 0 Å². The van der Waals surface area contributed by atoms with E-state index in [-0.39, 0.29) is 0 Å². The maximum Gasteiger partial charge on any atom is 0.325 e. The third-order valence-corrected chi connectivity index (χ3v) is 1.34. The van der Waals surface area contributed by atoms with Crippen molar-refractivity contribution < 1.29 is 17.6 Å². The summed E-state index contributed by atoms with van der Waals surface area (Å²) >= 11 is 0. The topological polar surface area (TPSA) is 29.3 Å². The number of nitrogens with two attached hydrogens (primary N) is 1. The van der Waals surface area contributed by atoms with Gasteiger partial charge in [-0.1, -0.05) is 0 Å². The number of hydrogen-bond donors (Lipinski definition) is 1. The number of rotatable bonds is 0. The molecule has 0 aromatic carbocycles. The van der Waals surface area contributed by atoms with Gasteiger partial charge >= 0.3 is 11.8 Å². The molecule has 1 heterocycles. The molecule has 0 atom stereocenters. The Morgan fingerprint density at radius 2 is 1.30 bits per heavy atom. The predicted molar refractivity (Wildman–Crippen MR) is 25.7 cm³/mol. The SMILES string of the molecule is NN1CC(F)(F)C(F)(F)C1. The van der Waals surface area contributed by atoms with E-state index < -0.39 is 24.9 Å². The van der Waals surface area contributed by atoms with Crippen LogP contribution in [-0.2, 0) is 0 Å². The Morgan fingerprint density at radius 1 is 1.00 bits per heavy atom. The van der Waals surface area contributed by atoms with Gasteiger partial charge in [0.25, 0.3) is 0 Å². The van der Waals surface area contributed by atoms with Crippen LogP contribution in [0.15, 0.2) is 0 Å². The fourth-order valence-corrected chi connectivity index (χ4v) is 0.797. The second-order valence-electron chi connectivity index (χ2n) is 2.31. The van der Waals surface area contributed by atoms with Crippen LogP contribution in [-0.4, -0.2) is 29.9 Å². The van der Waals surface area contributed by atoms with Crippen LogP contribution in [0, 0.1) is 0 Å². The van der Waals surface area contributed by atoms with E-state index >= 15 is 0 Å². The van der Waals surface area contributed by atoms with E-state index in [2.05, 4.69) is 0 Å². The quantitative estimate of drug-likeness (QED) is 0.409. The summed E-state index contributed by atoms with van der Waals surface area (Å²) in [5.74, 6) is -3.18. The van der Waals surface area contributed by atoms with Crippen LogP contribution >= 0.6 is 0 Å². The van der Waals surface area contributed by atoms with E-state index in [0.717, 1.165) is 0 Å². The summed E-state index contributed by atoms with van der Waals surface area (Å²) in [6.07, 6.45) is 0. The molecular weight excluding hydrogens is 152 g/mol. The molecule has 1 fully saturated rings. The lowest BCUT2D eigenvalue weighted by Gasteiger charge is -2.15. The maximum absolute atomic E-state index is 12.1. The first-order valence-electron chi connectivity index (χ1n) is 2.60. The molecule has 1 saturated heterocycles. The van der Waals surface area contributed by atoms with Crippen LogP contribution in [0.2, 0.25) is 0 Å². The molecule has 1 aliphatic rings. The van der Waals surface area contributed by atoms with Crippen molar-refractivity contribution in [1.29, 1.82) is 0 Å². The molecular formula is C4H6F4N2. The second kappa shape index (κ2) is 1.82. The van der Waals surface area contributed by atoms with Crippen molar-refractivity contribution in [2.45, 2.75) is 11.8 Å². The van der Waals surface area contributed by atoms with Gasteiger partial charge in [-0.3, -0.25) is 5.84 Å². The molecule has 0 spiro atoms. The Labute approximate surface area is 54.6 Å². The van der Waals surface area contributed by atoms with Gasteiger partial charge in [0.05, 0.1) is 13.1 Å². The maximum atomic E-state index is 12.1. The van der Waals surface area contributed by atoms with Crippen molar-refractivity contribution in [3.05, 3.63) is 0 Å². The highest BCUT2D eigenvalue weighted by atomic mass is 19.3. The van der Waals surface area contributed by atoms with Gasteiger partial charge in [-0.2, -0.15) is 17.6 Å². The number of alkyl halides is 4. The highest BCUT2D eigenvalue weighted by molar-refractivity contribution is 4.94. The monoisotopic (exact) mass is 158 g/mol. The largest absolute Gasteiger partial charge is 0.325 e. The van der Waals surface area contributed by atoms with Gasteiger partial charge in [0.15, 0.2) is 0 Å². The van der Waals surface area contributed by atoms with Crippen LogP contribution in [0.3, 0.4) is 0 Å². The first-order chi connectivity index (χ1) is 4.35. The van der Waals surface area contributed by atoms with Crippen LogP contribution in [0.4, 0.5) is 17.6 Å². The summed E-state index contributed by atoms with van der Waals surface area (Å²) in [7, 11) is 0. The van der Waals surface area contributed by atoms with Gasteiger partial charge < -0.3 is 0 Å². The minimum Gasteiger partial charge on any atom is -0.268 e. The molecule has 2 nitrogen and oxygen atoms in total. The van der Waals surface area contributed by atoms with Crippen molar-refractivity contribution in [2.75, 3.05) is 13.1 Å². The standard InChI is InChI=1S/C4H6F4N2/c5-3(6)1-10(9)2-4(3,7)8/h1-2,9H2. The molecule has 0 aromatic rings. The summed E-state index contributed by atoms with van der Waals surface area (Å²) in [5.41, 5.74) is 0. The Hall–Kier alpha value is -0.360. The predicted octanol–water partition coefficient (Wildman–Crippen LogP) is 0.446. The summed E-state index contributed by atoms with van der Waals surface area (Å²) in [4.78, 5) is 0. The normalized spacial score (nSPS) is 30.9. The molecule has 10 heavy (non-hydrogen) atoms. The van der Waals surface area contributed by atoms with E-state index in [4.69, 9.17) is 5.84 Å². The minimum atomic E-state index is -3.97. The van der Waals surface area contributed by atoms with Gasteiger partial charge in [0.1, 0.15) is 0 Å². The number of hydrazine groups is 1. The van der Waals surface area contributed by atoms with E-state index in [1.807, 2.05) is 0 Å². The van der Waals surface area contributed by atoms with Crippen molar-refractivity contribution in [3.8, 4) is 0 Å². The van der Waals surface area contributed by atoms with Crippen molar-refractivity contribution >= 4 is 0 Å². The second-order valence-corrected chi connectivity index (χ2v) is 2.31. The molecule has 1 aliphatic heterocycles. The van der Waals surface area contributed by atoms with E-state index in [0.29, 0.717) is 5.01 Å². The Bertz CT molecular complexity index is 130. The summed E-state index contributed by atoms with van der Waals surface area (Å²) in [6, 6.07) is 0. The molecule has 0 aliphatic carbocycles. The summed E-state index contributed by atoms with van der Waals surface area (Å²) < 4.78 is 48.4. The Kier molecular flexibility index (Phi) is 1.41. The lowest BCUT2D eigenvalue weighted by Crippen LogP contribution is -2.38. The van der Waals surface area contributed by atoms with Crippen LogP contribution in [0.25, 0.3) is 0 Å². The smallest absolute Gasteiger partial charge is 0.268 e. The Morgan fingerprint density at radius 3 is 1.40 bits per heavy atom. The molecule has 6 heteroatoms. The summed E-state index contributed by atoms with van der Waals surface area (Å²) in [6.45, 7) is -2.14. The third kappa shape index (κ3) is 0.969. The number of hydrogen-bond acceptors (Lipinski definition) is 2. The summed E-state index contributed by atoms with van der Waals surface area (Å²) in [5, 5.41) is 0.417. The first kappa shape index (κ1) is 7.74. The first-order valence-corrected chi connectivity index (χ1v) is 2.60. The Balaban J connectivity index is 2.78. The minimum absolute atomic E-state index is 0.417. The molecule has 0 amide bonds. The zero-order valence-corrected chi connectivity index (χ0v) is 4.95. The van der Waals surface area contributed by atoms with Gasteiger partial charge in [-0.25, -0.2) is 5.01 Å². The van der Waals surface area contributed by atoms with Gasteiger partial charge in [0, 0.05) is 0 Å². The third-order valence-electron chi connectivity index (χ3n) is 1.34. The fourth-order valence-electron chi connectivity index (χ4n) is 0.797. The van der Waals surface area contributed by atoms with Gasteiger partial charge in [-0.15, -0.1) is 0 Å². The average Bonchev–Trinajstić information content (AvgIpc) is 1.73. The molecule has 0 radical (unpaired) electrons. The molecule has 0 bridgehead atoms. The van der Waals surface area contributed by atoms with Gasteiger partial charge in [0.2, 0.25) is 0 Å². The molecule has 2 N–H and O–H groups in total. The molecule has 0 aromatic heterocycles. The fraction of sp³-hybridized carbons (Fsp3) is 1.00. The molecule has 0 unspecified atom stereocenters. The van der Waals surface area contributed by atoms with Crippen molar-refractivity contribution in [3.63, 3.8) is 0 Å². The molecule has 1 rings (SSSR count). The van der Waals surface area contributed by atoms with Crippen molar-refractivity contribution in [1.82, 2.24) is 5.01 Å². The molecule has 60 valence electrons. The molecule has 0 saturated carbocycles. The van der Waals surface area contributed by atoms with Crippen LogP contribution < -0.4 is 5.84 Å². The van der Waals surface area contributed by atoms with Crippen LogP contribution in [0.5, 0.6) is 0 Å². The highest BCUT2D eigenvalue weighted by Crippen LogP contribution is 2.39. The highest BCUT2D eigenvalue weighted by Gasteiger charge is 2.62. The zero-order valence-electron chi connectivity index (χ0n) is 4.95. The van der Waals surface area contributed by atoms with E-state index in [9.17, 15) is 17.6 Å². The van der Waals surface area contributed by atoms with Crippen molar-refractivity contribution in [2.24, 2.45) is 5.84 Å². The number of halogens is 4. The van der Waals surface area contributed by atoms with E-state index in [1.165, 1.54) is 0 Å².